The van der Waals surface area contributed by atoms with Crippen molar-refractivity contribution in [1.82, 2.24) is 9.88 Å². The third-order valence-electron chi connectivity index (χ3n) is 3.28. The fraction of sp³-hybridized carbons (Fsp3) is 0.286. The molecule has 1 aromatic carbocycles. The van der Waals surface area contributed by atoms with Gasteiger partial charge in [-0.3, -0.25) is 9.78 Å². The SMILES string of the molecule is NC1CC(=O)N(Cc2cc3ccccc3cn2)C1. The van der Waals surface area contributed by atoms with Crippen molar-refractivity contribution in [3.8, 4) is 0 Å². The molecule has 2 aromatic rings. The normalized spacial score (nSPS) is 19.7. The summed E-state index contributed by atoms with van der Waals surface area (Å²) in [6, 6.07) is 10.1. The topological polar surface area (TPSA) is 59.2 Å². The van der Waals surface area contributed by atoms with Gasteiger partial charge in [0.15, 0.2) is 0 Å². The lowest BCUT2D eigenvalue weighted by atomic mass is 10.1. The molecule has 1 amide bonds. The Hall–Kier alpha value is -1.94. The molecule has 3 rings (SSSR count). The van der Waals surface area contributed by atoms with E-state index in [9.17, 15) is 4.79 Å². The van der Waals surface area contributed by atoms with Crippen molar-refractivity contribution in [2.24, 2.45) is 5.73 Å². The van der Waals surface area contributed by atoms with Crippen LogP contribution in [0.2, 0.25) is 0 Å². The number of carbonyl (C=O) groups excluding carboxylic acids is 1. The first-order valence-corrected chi connectivity index (χ1v) is 6.09. The monoisotopic (exact) mass is 241 g/mol. The van der Waals surface area contributed by atoms with Gasteiger partial charge in [-0.2, -0.15) is 0 Å². The Morgan fingerprint density at radius 2 is 2.11 bits per heavy atom. The number of pyridine rings is 1. The van der Waals surface area contributed by atoms with Gasteiger partial charge in [-0.15, -0.1) is 0 Å². The van der Waals surface area contributed by atoms with Crippen molar-refractivity contribution in [3.05, 3.63) is 42.2 Å². The van der Waals surface area contributed by atoms with Crippen LogP contribution in [-0.2, 0) is 11.3 Å². The number of hydrogen-bond acceptors (Lipinski definition) is 3. The van der Waals surface area contributed by atoms with Crippen molar-refractivity contribution >= 4 is 16.7 Å². The van der Waals surface area contributed by atoms with Gasteiger partial charge in [-0.1, -0.05) is 24.3 Å². The number of benzene rings is 1. The molecule has 92 valence electrons. The van der Waals surface area contributed by atoms with Crippen LogP contribution >= 0.6 is 0 Å². The standard InChI is InChI=1S/C14H15N3O/c15-12-6-14(18)17(8-12)9-13-5-10-3-1-2-4-11(10)7-16-13/h1-5,7,12H,6,8-9,15H2. The maximum Gasteiger partial charge on any atom is 0.224 e. The van der Waals surface area contributed by atoms with Gasteiger partial charge in [0, 0.05) is 30.6 Å². The number of amides is 1. The molecule has 18 heavy (non-hydrogen) atoms. The second-order valence-electron chi connectivity index (χ2n) is 4.76. The third-order valence-corrected chi connectivity index (χ3v) is 3.28. The Morgan fingerprint density at radius 1 is 1.33 bits per heavy atom. The van der Waals surface area contributed by atoms with Crippen LogP contribution in [0, 0.1) is 0 Å². The van der Waals surface area contributed by atoms with Crippen LogP contribution < -0.4 is 5.73 Å². The fourth-order valence-corrected chi connectivity index (χ4v) is 2.37. The van der Waals surface area contributed by atoms with Gasteiger partial charge in [-0.25, -0.2) is 0 Å². The third kappa shape index (κ3) is 2.07. The van der Waals surface area contributed by atoms with E-state index in [0.29, 0.717) is 19.5 Å². The molecule has 1 aromatic heterocycles. The van der Waals surface area contributed by atoms with Gasteiger partial charge in [0.1, 0.15) is 0 Å². The van der Waals surface area contributed by atoms with Gasteiger partial charge in [0.2, 0.25) is 5.91 Å². The number of rotatable bonds is 2. The molecular weight excluding hydrogens is 226 g/mol. The Morgan fingerprint density at radius 3 is 2.83 bits per heavy atom. The molecule has 0 bridgehead atoms. The van der Waals surface area contributed by atoms with E-state index in [1.165, 1.54) is 0 Å². The van der Waals surface area contributed by atoms with Crippen LogP contribution in [0.4, 0.5) is 0 Å². The number of nitrogens with two attached hydrogens (primary N) is 1. The average Bonchev–Trinajstić information content (AvgIpc) is 2.68. The minimum Gasteiger partial charge on any atom is -0.335 e. The lowest BCUT2D eigenvalue weighted by Crippen LogP contribution is -2.28. The molecule has 0 radical (unpaired) electrons. The largest absolute Gasteiger partial charge is 0.335 e. The second-order valence-corrected chi connectivity index (χ2v) is 4.76. The lowest BCUT2D eigenvalue weighted by molar-refractivity contribution is -0.128. The Labute approximate surface area is 105 Å². The van der Waals surface area contributed by atoms with Gasteiger partial charge in [0.05, 0.1) is 12.2 Å². The number of nitrogens with zero attached hydrogens (tertiary/aromatic N) is 2. The zero-order valence-corrected chi connectivity index (χ0v) is 10.0. The van der Waals surface area contributed by atoms with Gasteiger partial charge in [0.25, 0.3) is 0 Å². The van der Waals surface area contributed by atoms with E-state index in [1.54, 1.807) is 4.90 Å². The van der Waals surface area contributed by atoms with Gasteiger partial charge >= 0.3 is 0 Å². The highest BCUT2D eigenvalue weighted by atomic mass is 16.2. The molecule has 2 N–H and O–H groups in total. The zero-order chi connectivity index (χ0) is 12.5. The van der Waals surface area contributed by atoms with Crippen molar-refractivity contribution in [1.29, 1.82) is 0 Å². The van der Waals surface area contributed by atoms with Crippen LogP contribution in [-0.4, -0.2) is 28.4 Å². The van der Waals surface area contributed by atoms with E-state index in [-0.39, 0.29) is 11.9 Å². The second kappa shape index (κ2) is 4.38. The number of carbonyl (C=O) groups is 1. The minimum atomic E-state index is -0.0297. The highest BCUT2D eigenvalue weighted by Gasteiger charge is 2.26. The molecule has 4 heteroatoms. The summed E-state index contributed by atoms with van der Waals surface area (Å²) in [4.78, 5) is 17.8. The summed E-state index contributed by atoms with van der Waals surface area (Å²) < 4.78 is 0. The van der Waals surface area contributed by atoms with Crippen LogP contribution in [0.3, 0.4) is 0 Å². The molecule has 0 spiro atoms. The van der Waals surface area contributed by atoms with Crippen molar-refractivity contribution in [3.63, 3.8) is 0 Å². The van der Waals surface area contributed by atoms with Crippen molar-refractivity contribution in [2.75, 3.05) is 6.54 Å². The molecule has 1 aliphatic heterocycles. The Bertz CT molecular complexity index is 596. The Kier molecular flexibility index (Phi) is 2.72. The predicted octanol–water partition coefficient (Wildman–Crippen LogP) is 1.29. The molecular formula is C14H15N3O. The molecule has 0 aliphatic carbocycles. The van der Waals surface area contributed by atoms with E-state index < -0.39 is 0 Å². The summed E-state index contributed by atoms with van der Waals surface area (Å²) in [5.41, 5.74) is 6.69. The van der Waals surface area contributed by atoms with E-state index >= 15 is 0 Å². The first kappa shape index (κ1) is 11.2. The summed E-state index contributed by atoms with van der Waals surface area (Å²) in [6.07, 6.45) is 2.30. The van der Waals surface area contributed by atoms with Crippen LogP contribution in [0.5, 0.6) is 0 Å². The van der Waals surface area contributed by atoms with E-state index in [2.05, 4.69) is 11.1 Å². The summed E-state index contributed by atoms with van der Waals surface area (Å²) in [6.45, 7) is 1.19. The zero-order valence-electron chi connectivity index (χ0n) is 10.0. The summed E-state index contributed by atoms with van der Waals surface area (Å²) in [7, 11) is 0. The molecule has 0 saturated carbocycles. The molecule has 1 saturated heterocycles. The maximum atomic E-state index is 11.7. The average molecular weight is 241 g/mol. The first-order chi connectivity index (χ1) is 8.72. The number of aromatic nitrogens is 1. The highest BCUT2D eigenvalue weighted by molar-refractivity contribution is 5.82. The maximum absolute atomic E-state index is 11.7. The molecule has 1 atom stereocenters. The quantitative estimate of drug-likeness (QED) is 0.862. The number of likely N-dealkylation sites (tertiary alicyclic amines) is 1. The van der Waals surface area contributed by atoms with Gasteiger partial charge in [-0.05, 0) is 11.5 Å². The highest BCUT2D eigenvalue weighted by Crippen LogP contribution is 2.17. The van der Waals surface area contributed by atoms with Gasteiger partial charge < -0.3 is 10.6 Å². The number of hydrogen-bond donors (Lipinski definition) is 1. The van der Waals surface area contributed by atoms with Crippen molar-refractivity contribution < 1.29 is 4.79 Å². The molecule has 2 heterocycles. The van der Waals surface area contributed by atoms with Crippen LogP contribution in [0.25, 0.3) is 10.8 Å². The summed E-state index contributed by atoms with van der Waals surface area (Å²) in [5.74, 6) is 0.123. The molecule has 4 nitrogen and oxygen atoms in total. The van der Waals surface area contributed by atoms with Crippen LogP contribution in [0.1, 0.15) is 12.1 Å². The van der Waals surface area contributed by atoms with E-state index in [1.807, 2.05) is 30.5 Å². The first-order valence-electron chi connectivity index (χ1n) is 6.09. The smallest absolute Gasteiger partial charge is 0.224 e. The van der Waals surface area contributed by atoms with Crippen LogP contribution in [0.15, 0.2) is 36.5 Å². The van der Waals surface area contributed by atoms with E-state index in [0.717, 1.165) is 16.5 Å². The lowest BCUT2D eigenvalue weighted by Gasteiger charge is -2.15. The van der Waals surface area contributed by atoms with Crippen molar-refractivity contribution in [2.45, 2.75) is 19.0 Å². The summed E-state index contributed by atoms with van der Waals surface area (Å²) in [5, 5.41) is 2.27. The summed E-state index contributed by atoms with van der Waals surface area (Å²) >= 11 is 0. The fourth-order valence-electron chi connectivity index (χ4n) is 2.37. The minimum absolute atomic E-state index is 0.0297. The molecule has 1 unspecified atom stereocenters. The number of fused-ring (bicyclic) bond motifs is 1. The predicted molar refractivity (Wildman–Crippen MR) is 69.8 cm³/mol. The van der Waals surface area contributed by atoms with E-state index in [4.69, 9.17) is 5.73 Å². The molecule has 1 aliphatic rings. The Balaban J connectivity index is 1.84. The molecule has 1 fully saturated rings.